The average Bonchev–Trinajstić information content (AvgIpc) is 2.32. The summed E-state index contributed by atoms with van der Waals surface area (Å²) in [5.41, 5.74) is 1.51. The molecule has 1 N–H and O–H groups in total. The van der Waals surface area contributed by atoms with Crippen molar-refractivity contribution in [1.29, 1.82) is 0 Å². The van der Waals surface area contributed by atoms with Crippen LogP contribution in [0.25, 0.3) is 0 Å². The van der Waals surface area contributed by atoms with E-state index < -0.39 is 0 Å². The minimum absolute atomic E-state index is 0.181. The molecule has 1 heterocycles. The normalized spacial score (nSPS) is 10.2. The molecule has 1 aromatic carbocycles. The molecule has 0 unspecified atom stereocenters. The second-order valence-corrected chi connectivity index (χ2v) is 4.77. The summed E-state index contributed by atoms with van der Waals surface area (Å²) in [7, 11) is 0. The molecule has 92 valence electrons. The van der Waals surface area contributed by atoms with Gasteiger partial charge in [0.05, 0.1) is 5.56 Å². The van der Waals surface area contributed by atoms with Crippen LogP contribution in [0.3, 0.4) is 0 Å². The quantitative estimate of drug-likeness (QED) is 0.860. The minimum atomic E-state index is -0.284. The number of hydrogen-bond donors (Lipinski definition) is 1. The average molecular weight is 327 g/mol. The first-order chi connectivity index (χ1) is 8.58. The van der Waals surface area contributed by atoms with Gasteiger partial charge in [0.2, 0.25) is 5.95 Å². The number of aromatic nitrogens is 2. The highest BCUT2D eigenvalue weighted by molar-refractivity contribution is 9.10. The van der Waals surface area contributed by atoms with Crippen LogP contribution in [0, 0.1) is 6.92 Å². The van der Waals surface area contributed by atoms with Crippen LogP contribution < -0.4 is 5.32 Å². The third kappa shape index (κ3) is 2.86. The van der Waals surface area contributed by atoms with E-state index in [1.54, 1.807) is 12.1 Å². The number of rotatable bonds is 2. The van der Waals surface area contributed by atoms with Crippen molar-refractivity contribution in [3.63, 3.8) is 0 Å². The van der Waals surface area contributed by atoms with Crippen LogP contribution >= 0.6 is 27.5 Å². The van der Waals surface area contributed by atoms with E-state index in [0.717, 1.165) is 10.0 Å². The molecule has 0 spiro atoms. The number of benzene rings is 1. The molecule has 2 aromatic rings. The predicted molar refractivity (Wildman–Crippen MR) is 73.9 cm³/mol. The fourth-order valence-electron chi connectivity index (χ4n) is 1.39. The second kappa shape index (κ2) is 5.46. The molecule has 1 amide bonds. The molecule has 6 heteroatoms. The van der Waals surface area contributed by atoms with E-state index in [1.807, 2.05) is 19.1 Å². The predicted octanol–water partition coefficient (Wildman–Crippen LogP) is 3.45. The lowest BCUT2D eigenvalue weighted by Gasteiger charge is -2.07. The Kier molecular flexibility index (Phi) is 3.93. The van der Waals surface area contributed by atoms with Crippen molar-refractivity contribution in [3.05, 3.63) is 51.2 Å². The molecule has 2 rings (SSSR count). The molecule has 0 fully saturated rings. The Morgan fingerprint density at radius 2 is 2.17 bits per heavy atom. The van der Waals surface area contributed by atoms with E-state index in [-0.39, 0.29) is 17.0 Å². The van der Waals surface area contributed by atoms with Gasteiger partial charge in [0.25, 0.3) is 5.91 Å². The van der Waals surface area contributed by atoms with Crippen LogP contribution in [0.1, 0.15) is 15.9 Å². The lowest BCUT2D eigenvalue weighted by molar-refractivity contribution is 0.102. The molecule has 1 aromatic heterocycles. The lowest BCUT2D eigenvalue weighted by Crippen LogP contribution is -2.15. The largest absolute Gasteiger partial charge is 0.290 e. The van der Waals surface area contributed by atoms with Crippen molar-refractivity contribution < 1.29 is 4.79 Å². The summed E-state index contributed by atoms with van der Waals surface area (Å²) >= 11 is 9.10. The molecule has 0 aliphatic rings. The van der Waals surface area contributed by atoms with Crippen LogP contribution in [0.5, 0.6) is 0 Å². The maximum atomic E-state index is 12.0. The monoisotopic (exact) mass is 325 g/mol. The molecule has 0 saturated carbocycles. The van der Waals surface area contributed by atoms with Crippen LogP contribution in [0.2, 0.25) is 5.15 Å². The van der Waals surface area contributed by atoms with Gasteiger partial charge >= 0.3 is 0 Å². The summed E-state index contributed by atoms with van der Waals surface area (Å²) in [4.78, 5) is 19.8. The Bertz CT molecular complexity index is 604. The maximum absolute atomic E-state index is 12.0. The number of aryl methyl sites for hydroxylation is 1. The zero-order valence-corrected chi connectivity index (χ0v) is 11.8. The fourth-order valence-corrected chi connectivity index (χ4v) is 1.97. The van der Waals surface area contributed by atoms with Crippen LogP contribution in [0.4, 0.5) is 5.95 Å². The summed E-state index contributed by atoms with van der Waals surface area (Å²) in [6.07, 6.45) is 1.48. The molecule has 0 atom stereocenters. The molecule has 0 saturated heterocycles. The number of nitrogens with zero attached hydrogens (tertiary/aromatic N) is 2. The first-order valence-electron chi connectivity index (χ1n) is 5.13. The highest BCUT2D eigenvalue weighted by atomic mass is 79.9. The third-order valence-corrected chi connectivity index (χ3v) is 3.55. The number of carbonyl (C=O) groups excluding carboxylic acids is 1. The smallest absolute Gasteiger partial charge is 0.259 e. The van der Waals surface area contributed by atoms with E-state index >= 15 is 0 Å². The third-order valence-electron chi connectivity index (χ3n) is 2.28. The van der Waals surface area contributed by atoms with E-state index in [2.05, 4.69) is 31.2 Å². The molecular formula is C12H9BrClN3O. The van der Waals surface area contributed by atoms with Gasteiger partial charge in [-0.25, -0.2) is 9.97 Å². The van der Waals surface area contributed by atoms with E-state index in [1.165, 1.54) is 6.20 Å². The molecular weight excluding hydrogens is 318 g/mol. The molecule has 0 aliphatic carbocycles. The highest BCUT2D eigenvalue weighted by Crippen LogP contribution is 2.21. The standard InChI is InChI=1S/C12H9BrClN3O/c1-7-3-2-4-8(10(7)13)11(18)17-12-15-6-5-9(14)16-12/h2-6H,1H3,(H,15,16,17,18). The molecule has 0 radical (unpaired) electrons. The Labute approximate surface area is 118 Å². The van der Waals surface area contributed by atoms with Gasteiger partial charge in [0.1, 0.15) is 5.15 Å². The van der Waals surface area contributed by atoms with Crippen LogP contribution in [0.15, 0.2) is 34.9 Å². The van der Waals surface area contributed by atoms with Gasteiger partial charge in [-0.05, 0) is 40.5 Å². The first kappa shape index (κ1) is 13.0. The Hall–Kier alpha value is -1.46. The SMILES string of the molecule is Cc1cccc(C(=O)Nc2nccc(Cl)n2)c1Br. The van der Waals surface area contributed by atoms with Crippen molar-refractivity contribution in [2.45, 2.75) is 6.92 Å². The molecule has 0 aliphatic heterocycles. The summed E-state index contributed by atoms with van der Waals surface area (Å²) in [6, 6.07) is 6.99. The van der Waals surface area contributed by atoms with Crippen LogP contribution in [-0.2, 0) is 0 Å². The molecule has 0 bridgehead atoms. The van der Waals surface area contributed by atoms with Crippen molar-refractivity contribution in [2.24, 2.45) is 0 Å². The number of nitrogens with one attached hydrogen (secondary N) is 1. The van der Waals surface area contributed by atoms with Gasteiger partial charge in [-0.2, -0.15) is 0 Å². The number of anilines is 1. The Balaban J connectivity index is 2.25. The molecule has 4 nitrogen and oxygen atoms in total. The second-order valence-electron chi connectivity index (χ2n) is 3.59. The number of hydrogen-bond acceptors (Lipinski definition) is 3. The molecule has 18 heavy (non-hydrogen) atoms. The summed E-state index contributed by atoms with van der Waals surface area (Å²) in [5, 5.41) is 2.87. The van der Waals surface area contributed by atoms with Gasteiger partial charge < -0.3 is 0 Å². The van der Waals surface area contributed by atoms with Crippen LogP contribution in [-0.4, -0.2) is 15.9 Å². The van der Waals surface area contributed by atoms with Crippen molar-refractivity contribution in [1.82, 2.24) is 9.97 Å². The number of amides is 1. The van der Waals surface area contributed by atoms with Gasteiger partial charge in [-0.1, -0.05) is 23.7 Å². The highest BCUT2D eigenvalue weighted by Gasteiger charge is 2.12. The van der Waals surface area contributed by atoms with Gasteiger partial charge in [0, 0.05) is 10.7 Å². The summed E-state index contributed by atoms with van der Waals surface area (Å²) < 4.78 is 0.754. The Morgan fingerprint density at radius 3 is 2.89 bits per heavy atom. The number of carbonyl (C=O) groups is 1. The topological polar surface area (TPSA) is 54.9 Å². The van der Waals surface area contributed by atoms with Gasteiger partial charge in [-0.15, -0.1) is 0 Å². The van der Waals surface area contributed by atoms with Gasteiger partial charge in [0.15, 0.2) is 0 Å². The minimum Gasteiger partial charge on any atom is -0.290 e. The zero-order valence-electron chi connectivity index (χ0n) is 9.45. The van der Waals surface area contributed by atoms with E-state index in [4.69, 9.17) is 11.6 Å². The van der Waals surface area contributed by atoms with E-state index in [9.17, 15) is 4.79 Å². The summed E-state index contributed by atoms with van der Waals surface area (Å²) in [5.74, 6) is -0.103. The Morgan fingerprint density at radius 1 is 1.39 bits per heavy atom. The summed E-state index contributed by atoms with van der Waals surface area (Å²) in [6.45, 7) is 1.91. The van der Waals surface area contributed by atoms with Crippen molar-refractivity contribution in [2.75, 3.05) is 5.32 Å². The fraction of sp³-hybridized carbons (Fsp3) is 0.0833. The van der Waals surface area contributed by atoms with E-state index in [0.29, 0.717) is 5.56 Å². The first-order valence-corrected chi connectivity index (χ1v) is 6.30. The maximum Gasteiger partial charge on any atom is 0.259 e. The van der Waals surface area contributed by atoms with Crippen molar-refractivity contribution in [3.8, 4) is 0 Å². The lowest BCUT2D eigenvalue weighted by atomic mass is 10.1. The number of halogens is 2. The van der Waals surface area contributed by atoms with Crippen molar-refractivity contribution >= 4 is 39.4 Å². The van der Waals surface area contributed by atoms with Gasteiger partial charge in [-0.3, -0.25) is 10.1 Å². The zero-order chi connectivity index (χ0) is 13.1.